The predicted molar refractivity (Wildman–Crippen MR) is 148 cm³/mol. The van der Waals surface area contributed by atoms with E-state index in [0.29, 0.717) is 28.5 Å². The van der Waals surface area contributed by atoms with Gasteiger partial charge in [-0.3, -0.25) is 9.69 Å². The highest BCUT2D eigenvalue weighted by molar-refractivity contribution is 5.77. The van der Waals surface area contributed by atoms with Gasteiger partial charge in [0.25, 0.3) is 5.56 Å². The lowest BCUT2D eigenvalue weighted by Crippen LogP contribution is -2.23. The molecule has 0 saturated heterocycles. The van der Waals surface area contributed by atoms with Crippen LogP contribution in [0.2, 0.25) is 0 Å². The topological polar surface area (TPSA) is 119 Å². The number of benzene rings is 1. The maximum Gasteiger partial charge on any atom is 0.278 e. The van der Waals surface area contributed by atoms with E-state index >= 15 is 0 Å². The molecule has 1 aromatic carbocycles. The van der Waals surface area contributed by atoms with Crippen LogP contribution in [0.1, 0.15) is 30.8 Å². The molecule has 0 atom stereocenters. The van der Waals surface area contributed by atoms with Crippen molar-refractivity contribution in [1.29, 1.82) is 0 Å². The zero-order valence-corrected chi connectivity index (χ0v) is 22.0. The van der Waals surface area contributed by atoms with Crippen LogP contribution < -0.4 is 10.9 Å². The number of hydrogen-bond acceptors (Lipinski definition) is 8. The monoisotopic (exact) mass is 523 g/mol. The summed E-state index contributed by atoms with van der Waals surface area (Å²) < 4.78 is 5.04. The Hall–Kier alpha value is -4.61. The Bertz CT molecular complexity index is 1730. The summed E-state index contributed by atoms with van der Waals surface area (Å²) in [5.41, 5.74) is 3.57. The molecule has 0 fully saturated rings. The predicted octanol–water partition coefficient (Wildman–Crippen LogP) is 3.27. The number of allylic oxidation sites excluding steroid dienone is 1. The van der Waals surface area contributed by atoms with E-state index in [0.717, 1.165) is 30.2 Å². The highest BCUT2D eigenvalue weighted by Crippen LogP contribution is 2.24. The van der Waals surface area contributed by atoms with Gasteiger partial charge in [0.05, 0.1) is 23.6 Å². The van der Waals surface area contributed by atoms with E-state index in [1.807, 2.05) is 28.9 Å². The van der Waals surface area contributed by atoms with Gasteiger partial charge in [0.1, 0.15) is 11.0 Å². The SMILES string of the molecule is C=CCn1c(=O)c2cnc(Nc3ccc(-n4cc5c(n4)CN(C)C5)cc3)nc2n1-c1cccc(C(C)(C)O)n1. The Morgan fingerprint density at radius 3 is 2.64 bits per heavy atom. The van der Waals surface area contributed by atoms with Gasteiger partial charge >= 0.3 is 0 Å². The second-order valence-electron chi connectivity index (χ2n) is 10.2. The summed E-state index contributed by atoms with van der Waals surface area (Å²) in [6.45, 7) is 9.14. The van der Waals surface area contributed by atoms with Crippen LogP contribution in [-0.2, 0) is 25.2 Å². The molecule has 11 heteroatoms. The molecular weight excluding hydrogens is 494 g/mol. The van der Waals surface area contributed by atoms with E-state index < -0.39 is 5.60 Å². The minimum Gasteiger partial charge on any atom is -0.384 e. The standard InChI is InChI=1S/C28H29N9O2/c1-5-13-36-26(38)21-14-29-27(32-25(21)37(36)24-8-6-7-23(31-24)28(2,3)39)30-19-9-11-20(12-10-19)35-16-18-15-34(4)17-22(18)33-35/h5-12,14,16,39H,1,13,15,17H2,2-4H3,(H,29,30,32). The lowest BCUT2D eigenvalue weighted by molar-refractivity contribution is 0.0738. The van der Waals surface area contributed by atoms with Gasteiger partial charge in [0, 0.05) is 36.7 Å². The number of aliphatic hydroxyl groups is 1. The van der Waals surface area contributed by atoms with Crippen molar-refractivity contribution >= 4 is 22.7 Å². The smallest absolute Gasteiger partial charge is 0.278 e. The first-order valence-corrected chi connectivity index (χ1v) is 12.6. The third-order valence-corrected chi connectivity index (χ3v) is 6.68. The Morgan fingerprint density at radius 1 is 1.13 bits per heavy atom. The van der Waals surface area contributed by atoms with Crippen LogP contribution in [0.15, 0.2) is 72.3 Å². The van der Waals surface area contributed by atoms with Gasteiger partial charge < -0.3 is 10.4 Å². The summed E-state index contributed by atoms with van der Waals surface area (Å²) in [5.74, 6) is 0.786. The highest BCUT2D eigenvalue weighted by atomic mass is 16.3. The zero-order valence-electron chi connectivity index (χ0n) is 22.0. The number of fused-ring (bicyclic) bond motifs is 2. The number of nitrogens with one attached hydrogen (secondary N) is 1. The van der Waals surface area contributed by atoms with Crippen LogP contribution in [0.3, 0.4) is 0 Å². The van der Waals surface area contributed by atoms with Gasteiger partial charge in [-0.25, -0.2) is 24.0 Å². The van der Waals surface area contributed by atoms with Gasteiger partial charge in [-0.1, -0.05) is 12.1 Å². The first-order chi connectivity index (χ1) is 18.7. The summed E-state index contributed by atoms with van der Waals surface area (Å²) in [7, 11) is 2.09. The molecule has 5 aromatic rings. The zero-order chi connectivity index (χ0) is 27.3. The fourth-order valence-corrected chi connectivity index (χ4v) is 4.76. The number of rotatable bonds is 7. The molecule has 0 amide bonds. The minimum absolute atomic E-state index is 0.251. The molecule has 11 nitrogen and oxygen atoms in total. The van der Waals surface area contributed by atoms with E-state index in [4.69, 9.17) is 5.10 Å². The largest absolute Gasteiger partial charge is 0.384 e. The van der Waals surface area contributed by atoms with Crippen LogP contribution in [0.25, 0.3) is 22.5 Å². The first kappa shape index (κ1) is 24.7. The van der Waals surface area contributed by atoms with Crippen molar-refractivity contribution in [3.63, 3.8) is 0 Å². The Labute approximate surface area is 224 Å². The molecule has 198 valence electrons. The van der Waals surface area contributed by atoms with E-state index in [1.54, 1.807) is 42.8 Å². The van der Waals surface area contributed by atoms with Crippen LogP contribution in [0, 0.1) is 0 Å². The van der Waals surface area contributed by atoms with Crippen LogP contribution in [-0.4, -0.2) is 51.2 Å². The van der Waals surface area contributed by atoms with Gasteiger partial charge in [-0.2, -0.15) is 10.1 Å². The van der Waals surface area contributed by atoms with Crippen molar-refractivity contribution in [3.05, 3.63) is 94.8 Å². The summed E-state index contributed by atoms with van der Waals surface area (Å²) in [5, 5.41) is 18.8. The number of anilines is 2. The molecule has 1 aliphatic heterocycles. The first-order valence-electron chi connectivity index (χ1n) is 12.6. The van der Waals surface area contributed by atoms with Crippen molar-refractivity contribution in [3.8, 4) is 11.5 Å². The second kappa shape index (κ2) is 9.29. The van der Waals surface area contributed by atoms with E-state index in [9.17, 15) is 9.90 Å². The average molecular weight is 524 g/mol. The Kier molecular flexibility index (Phi) is 5.89. The van der Waals surface area contributed by atoms with Crippen molar-refractivity contribution in [2.75, 3.05) is 12.4 Å². The molecule has 5 heterocycles. The Balaban J connectivity index is 1.34. The number of aromatic nitrogens is 7. The summed E-state index contributed by atoms with van der Waals surface area (Å²) in [6, 6.07) is 13.1. The summed E-state index contributed by atoms with van der Waals surface area (Å²) in [6.07, 6.45) is 5.23. The van der Waals surface area contributed by atoms with Crippen molar-refractivity contribution in [2.24, 2.45) is 0 Å². The fraction of sp³-hybridized carbons (Fsp3) is 0.250. The van der Waals surface area contributed by atoms with E-state index in [1.165, 1.54) is 16.4 Å². The third-order valence-electron chi connectivity index (χ3n) is 6.68. The number of pyridine rings is 1. The van der Waals surface area contributed by atoms with Gasteiger partial charge in [-0.15, -0.1) is 6.58 Å². The molecule has 0 bridgehead atoms. The number of hydrogen-bond donors (Lipinski definition) is 2. The van der Waals surface area contributed by atoms with Gasteiger partial charge in [0.15, 0.2) is 11.5 Å². The normalized spacial score (nSPS) is 13.6. The van der Waals surface area contributed by atoms with Crippen molar-refractivity contribution < 1.29 is 5.11 Å². The molecule has 0 aliphatic carbocycles. The van der Waals surface area contributed by atoms with E-state index in [2.05, 4.69) is 45.0 Å². The quantitative estimate of drug-likeness (QED) is 0.312. The molecule has 6 rings (SSSR count). The maximum absolute atomic E-state index is 13.2. The van der Waals surface area contributed by atoms with Crippen molar-refractivity contribution in [1.82, 2.24) is 39.0 Å². The molecule has 0 spiro atoms. The van der Waals surface area contributed by atoms with Crippen LogP contribution in [0.4, 0.5) is 11.6 Å². The molecule has 0 radical (unpaired) electrons. The third kappa shape index (κ3) is 4.51. The summed E-state index contributed by atoms with van der Waals surface area (Å²) in [4.78, 5) is 29.1. The van der Waals surface area contributed by atoms with Crippen LogP contribution >= 0.6 is 0 Å². The molecule has 39 heavy (non-hydrogen) atoms. The van der Waals surface area contributed by atoms with E-state index in [-0.39, 0.29) is 12.1 Å². The molecule has 0 saturated carbocycles. The second-order valence-corrected chi connectivity index (χ2v) is 10.2. The molecular formula is C28H29N9O2. The average Bonchev–Trinajstić information content (AvgIpc) is 3.54. The molecule has 2 N–H and O–H groups in total. The Morgan fingerprint density at radius 2 is 1.92 bits per heavy atom. The lowest BCUT2D eigenvalue weighted by Gasteiger charge is -2.18. The number of nitrogens with zero attached hydrogens (tertiary/aromatic N) is 8. The van der Waals surface area contributed by atoms with Crippen molar-refractivity contribution in [2.45, 2.75) is 39.1 Å². The minimum atomic E-state index is -1.15. The highest BCUT2D eigenvalue weighted by Gasteiger charge is 2.22. The van der Waals surface area contributed by atoms with Gasteiger partial charge in [-0.05, 0) is 57.3 Å². The van der Waals surface area contributed by atoms with Crippen LogP contribution in [0.5, 0.6) is 0 Å². The lowest BCUT2D eigenvalue weighted by atomic mass is 10.1. The fourth-order valence-electron chi connectivity index (χ4n) is 4.76. The molecule has 1 aliphatic rings. The maximum atomic E-state index is 13.2. The summed E-state index contributed by atoms with van der Waals surface area (Å²) >= 11 is 0. The van der Waals surface area contributed by atoms with Gasteiger partial charge in [0.2, 0.25) is 5.95 Å². The molecule has 4 aromatic heterocycles. The molecule has 0 unspecified atom stereocenters.